The number of ether oxygens (including phenoxy) is 1. The fraction of sp³-hybridized carbons (Fsp3) is 0.846. The highest BCUT2D eigenvalue weighted by Crippen LogP contribution is 2.40. The maximum absolute atomic E-state index is 11.6. The van der Waals surface area contributed by atoms with Crippen molar-refractivity contribution in [2.75, 3.05) is 25.2 Å². The van der Waals surface area contributed by atoms with Gasteiger partial charge < -0.3 is 14.6 Å². The van der Waals surface area contributed by atoms with Crippen molar-refractivity contribution in [1.82, 2.24) is 15.5 Å². The first-order valence-corrected chi connectivity index (χ1v) is 9.17. The number of hydrogen-bond acceptors (Lipinski definition) is 7. The second-order valence-electron chi connectivity index (χ2n) is 5.89. The Kier molecular flexibility index (Phi) is 4.02. The average Bonchev–Trinajstić information content (AvgIpc) is 3.06. The molecule has 1 saturated carbocycles. The summed E-state index contributed by atoms with van der Waals surface area (Å²) in [6.45, 7) is 0.482. The molecule has 1 aromatic rings. The van der Waals surface area contributed by atoms with Gasteiger partial charge in [-0.1, -0.05) is 5.16 Å². The van der Waals surface area contributed by atoms with E-state index in [0.717, 1.165) is 25.7 Å². The first-order valence-electron chi connectivity index (χ1n) is 7.35. The minimum absolute atomic E-state index is 0.125. The quantitative estimate of drug-likeness (QED) is 0.860. The fourth-order valence-corrected chi connectivity index (χ4v) is 4.64. The van der Waals surface area contributed by atoms with Crippen LogP contribution in [0.2, 0.25) is 0 Å². The van der Waals surface area contributed by atoms with Crippen LogP contribution in [0.1, 0.15) is 37.4 Å². The molecule has 0 spiro atoms. The van der Waals surface area contributed by atoms with E-state index in [-0.39, 0.29) is 17.5 Å². The Morgan fingerprint density at radius 3 is 2.86 bits per heavy atom. The summed E-state index contributed by atoms with van der Waals surface area (Å²) in [5, 5.41) is 7.24. The number of rotatable bonds is 4. The van der Waals surface area contributed by atoms with E-state index < -0.39 is 15.4 Å². The molecule has 7 nitrogen and oxygen atoms in total. The second kappa shape index (κ2) is 5.66. The van der Waals surface area contributed by atoms with Crippen molar-refractivity contribution in [2.24, 2.45) is 0 Å². The number of aromatic nitrogens is 2. The number of sulfone groups is 1. The Morgan fingerprint density at radius 2 is 2.19 bits per heavy atom. The van der Waals surface area contributed by atoms with Crippen LogP contribution in [0.3, 0.4) is 0 Å². The number of methoxy groups -OCH3 is 1. The number of hydrogen-bond donors (Lipinski definition) is 1. The summed E-state index contributed by atoms with van der Waals surface area (Å²) in [5.74, 6) is 1.39. The van der Waals surface area contributed by atoms with Crippen molar-refractivity contribution in [3.63, 3.8) is 0 Å². The number of nitrogens with zero attached hydrogens (tertiary/aromatic N) is 2. The van der Waals surface area contributed by atoms with Crippen LogP contribution in [0, 0.1) is 0 Å². The molecule has 1 atom stereocenters. The van der Waals surface area contributed by atoms with Crippen LogP contribution in [0.25, 0.3) is 0 Å². The van der Waals surface area contributed by atoms with E-state index in [1.165, 1.54) is 0 Å². The molecule has 2 heterocycles. The van der Waals surface area contributed by atoms with Gasteiger partial charge in [0.2, 0.25) is 11.7 Å². The van der Waals surface area contributed by atoms with E-state index >= 15 is 0 Å². The molecular formula is C13H21N3O4S. The van der Waals surface area contributed by atoms with Crippen LogP contribution in [0.15, 0.2) is 4.52 Å². The van der Waals surface area contributed by atoms with Gasteiger partial charge in [-0.2, -0.15) is 4.98 Å². The van der Waals surface area contributed by atoms with E-state index in [1.54, 1.807) is 7.11 Å². The SMILES string of the molecule is COC1(c2noc(CC3CS(=O)(=O)CCN3)n2)CCCC1. The van der Waals surface area contributed by atoms with Crippen molar-refractivity contribution in [1.29, 1.82) is 0 Å². The largest absolute Gasteiger partial charge is 0.370 e. The monoisotopic (exact) mass is 315 g/mol. The third-order valence-corrected chi connectivity index (χ3v) is 6.14. The molecule has 118 valence electrons. The van der Waals surface area contributed by atoms with Crippen LogP contribution >= 0.6 is 0 Å². The molecule has 2 fully saturated rings. The zero-order valence-electron chi connectivity index (χ0n) is 12.2. The van der Waals surface area contributed by atoms with Gasteiger partial charge in [-0.3, -0.25) is 0 Å². The zero-order valence-corrected chi connectivity index (χ0v) is 13.0. The summed E-state index contributed by atoms with van der Waals surface area (Å²) in [7, 11) is -1.28. The molecule has 1 saturated heterocycles. The van der Waals surface area contributed by atoms with Crippen LogP contribution in [-0.4, -0.2) is 49.8 Å². The van der Waals surface area contributed by atoms with Crippen molar-refractivity contribution < 1.29 is 17.7 Å². The van der Waals surface area contributed by atoms with Crippen molar-refractivity contribution in [3.05, 3.63) is 11.7 Å². The summed E-state index contributed by atoms with van der Waals surface area (Å²) in [6.07, 6.45) is 4.43. The third kappa shape index (κ3) is 3.12. The summed E-state index contributed by atoms with van der Waals surface area (Å²) < 4.78 is 34.2. The van der Waals surface area contributed by atoms with Crippen LogP contribution in [0.5, 0.6) is 0 Å². The maximum atomic E-state index is 11.6. The van der Waals surface area contributed by atoms with Crippen molar-refractivity contribution >= 4 is 9.84 Å². The predicted molar refractivity (Wildman–Crippen MR) is 75.6 cm³/mol. The molecule has 0 radical (unpaired) electrons. The van der Waals surface area contributed by atoms with E-state index in [0.29, 0.717) is 24.7 Å². The molecule has 3 rings (SSSR count). The highest BCUT2D eigenvalue weighted by atomic mass is 32.2. The molecular weight excluding hydrogens is 294 g/mol. The normalized spacial score (nSPS) is 27.8. The Hall–Kier alpha value is -0.990. The van der Waals surface area contributed by atoms with E-state index in [2.05, 4.69) is 15.5 Å². The van der Waals surface area contributed by atoms with Gasteiger partial charge in [0.05, 0.1) is 11.5 Å². The molecule has 1 aromatic heterocycles. The zero-order chi connectivity index (χ0) is 14.9. The van der Waals surface area contributed by atoms with Crippen LogP contribution in [-0.2, 0) is 26.6 Å². The van der Waals surface area contributed by atoms with Crippen molar-refractivity contribution in [2.45, 2.75) is 43.7 Å². The van der Waals surface area contributed by atoms with Gasteiger partial charge in [0.25, 0.3) is 0 Å². The molecule has 0 bridgehead atoms. The van der Waals surface area contributed by atoms with Gasteiger partial charge in [0.15, 0.2) is 9.84 Å². The van der Waals surface area contributed by atoms with E-state index in [9.17, 15) is 8.42 Å². The van der Waals surface area contributed by atoms with Gasteiger partial charge >= 0.3 is 0 Å². The van der Waals surface area contributed by atoms with Gasteiger partial charge in [0.1, 0.15) is 5.60 Å². The van der Waals surface area contributed by atoms with E-state index in [4.69, 9.17) is 9.26 Å². The molecule has 1 unspecified atom stereocenters. The smallest absolute Gasteiger partial charge is 0.228 e. The Morgan fingerprint density at radius 1 is 1.43 bits per heavy atom. The predicted octanol–water partition coefficient (Wildman–Crippen LogP) is 0.414. The van der Waals surface area contributed by atoms with Gasteiger partial charge in [-0.15, -0.1) is 0 Å². The average molecular weight is 315 g/mol. The summed E-state index contributed by atoms with van der Waals surface area (Å²) in [5.41, 5.74) is -0.423. The third-order valence-electron chi connectivity index (χ3n) is 4.40. The summed E-state index contributed by atoms with van der Waals surface area (Å²) in [6, 6.07) is -0.154. The molecule has 0 aromatic carbocycles. The first kappa shape index (κ1) is 14.9. The van der Waals surface area contributed by atoms with Crippen molar-refractivity contribution in [3.8, 4) is 0 Å². The molecule has 1 N–H and O–H groups in total. The molecule has 21 heavy (non-hydrogen) atoms. The van der Waals surface area contributed by atoms with Crippen LogP contribution < -0.4 is 5.32 Å². The Bertz CT molecular complexity index is 592. The number of nitrogens with one attached hydrogen (secondary N) is 1. The van der Waals surface area contributed by atoms with E-state index in [1.807, 2.05) is 0 Å². The lowest BCUT2D eigenvalue weighted by atomic mass is 10.0. The minimum Gasteiger partial charge on any atom is -0.370 e. The molecule has 0 amide bonds. The Labute approximate surface area is 124 Å². The molecule has 1 aliphatic carbocycles. The van der Waals surface area contributed by atoms with Gasteiger partial charge in [-0.05, 0) is 25.7 Å². The molecule has 8 heteroatoms. The lowest BCUT2D eigenvalue weighted by Crippen LogP contribution is -2.46. The lowest BCUT2D eigenvalue weighted by molar-refractivity contribution is -0.0178. The standard InChI is InChI=1S/C13H21N3O4S/c1-19-13(4-2-3-5-13)12-15-11(20-16-12)8-10-9-21(17,18)7-6-14-10/h10,14H,2-9H2,1H3. The second-order valence-corrected chi connectivity index (χ2v) is 8.12. The fourth-order valence-electron chi connectivity index (χ4n) is 3.20. The lowest BCUT2D eigenvalue weighted by Gasteiger charge is -2.23. The molecule has 1 aliphatic heterocycles. The highest BCUT2D eigenvalue weighted by molar-refractivity contribution is 7.91. The molecule has 2 aliphatic rings. The minimum atomic E-state index is -2.95. The maximum Gasteiger partial charge on any atom is 0.228 e. The summed E-state index contributed by atoms with van der Waals surface area (Å²) in [4.78, 5) is 4.44. The topological polar surface area (TPSA) is 94.3 Å². The highest BCUT2D eigenvalue weighted by Gasteiger charge is 2.40. The summed E-state index contributed by atoms with van der Waals surface area (Å²) >= 11 is 0. The Balaban J connectivity index is 1.70. The first-order chi connectivity index (χ1) is 10.0. The van der Waals surface area contributed by atoms with Crippen LogP contribution in [0.4, 0.5) is 0 Å². The van der Waals surface area contributed by atoms with Gasteiger partial charge in [-0.25, -0.2) is 8.42 Å². The van der Waals surface area contributed by atoms with Gasteiger partial charge in [0, 0.05) is 26.1 Å².